The lowest BCUT2D eigenvalue weighted by atomic mass is 9.91. The van der Waals surface area contributed by atoms with Crippen molar-refractivity contribution < 1.29 is 4.79 Å². The molecule has 0 spiro atoms. The predicted molar refractivity (Wildman–Crippen MR) is 124 cm³/mol. The van der Waals surface area contributed by atoms with Crippen LogP contribution in [-0.4, -0.2) is 41.1 Å². The maximum Gasteiger partial charge on any atom is 0.220 e. The van der Waals surface area contributed by atoms with Gasteiger partial charge in [-0.2, -0.15) is 0 Å². The molecule has 31 heavy (non-hydrogen) atoms. The molecular formula is C24H25N5OS. The molecule has 1 aromatic heterocycles. The summed E-state index contributed by atoms with van der Waals surface area (Å²) in [5, 5.41) is 12.4. The van der Waals surface area contributed by atoms with Gasteiger partial charge in [0.05, 0.1) is 11.3 Å². The number of thioether (sulfide) groups is 1. The van der Waals surface area contributed by atoms with Crippen LogP contribution in [0.4, 0.5) is 11.5 Å². The number of benzene rings is 1. The highest BCUT2D eigenvalue weighted by Crippen LogP contribution is 2.41. The number of piperidine rings is 1. The number of hydrogen-bond donors (Lipinski definition) is 2. The quantitative estimate of drug-likeness (QED) is 0.422. The Morgan fingerprint density at radius 1 is 1.32 bits per heavy atom. The Labute approximate surface area is 186 Å². The second-order valence-electron chi connectivity index (χ2n) is 8.37. The van der Waals surface area contributed by atoms with Gasteiger partial charge in [-0.25, -0.2) is 9.97 Å². The van der Waals surface area contributed by atoms with E-state index < -0.39 is 0 Å². The highest BCUT2D eigenvalue weighted by atomic mass is 32.2. The van der Waals surface area contributed by atoms with Crippen LogP contribution in [0, 0.1) is 18.3 Å². The molecule has 3 aliphatic heterocycles. The molecule has 1 aromatic carbocycles. The summed E-state index contributed by atoms with van der Waals surface area (Å²) < 4.78 is 0. The summed E-state index contributed by atoms with van der Waals surface area (Å²) in [4.78, 5) is 24.6. The third kappa shape index (κ3) is 3.97. The van der Waals surface area contributed by atoms with Gasteiger partial charge in [0.1, 0.15) is 22.1 Å². The molecule has 7 heteroatoms. The van der Waals surface area contributed by atoms with Gasteiger partial charge >= 0.3 is 0 Å². The Bertz CT molecular complexity index is 1130. The van der Waals surface area contributed by atoms with Gasteiger partial charge in [-0.3, -0.25) is 4.79 Å². The Morgan fingerprint density at radius 2 is 2.16 bits per heavy atom. The molecule has 0 unspecified atom stereocenters. The topological polar surface area (TPSA) is 82.0 Å². The molecule has 0 amide bonds. The average Bonchev–Trinajstić information content (AvgIpc) is 3.21. The Morgan fingerprint density at radius 3 is 3.00 bits per heavy atom. The lowest BCUT2D eigenvalue weighted by Crippen LogP contribution is -2.30. The van der Waals surface area contributed by atoms with Gasteiger partial charge in [0.25, 0.3) is 0 Å². The van der Waals surface area contributed by atoms with Gasteiger partial charge in [-0.1, -0.05) is 29.5 Å². The van der Waals surface area contributed by atoms with Crippen molar-refractivity contribution in [2.24, 2.45) is 5.92 Å². The molecular weight excluding hydrogens is 406 g/mol. The van der Waals surface area contributed by atoms with Crippen LogP contribution in [0.2, 0.25) is 0 Å². The van der Waals surface area contributed by atoms with E-state index in [-0.39, 0.29) is 11.5 Å². The zero-order chi connectivity index (χ0) is 21.4. The first-order valence-electron chi connectivity index (χ1n) is 10.8. The van der Waals surface area contributed by atoms with E-state index in [0.717, 1.165) is 55.3 Å². The molecule has 1 saturated heterocycles. The maximum absolute atomic E-state index is 12.9. The Balaban J connectivity index is 1.39. The van der Waals surface area contributed by atoms with Crippen molar-refractivity contribution in [1.29, 1.82) is 5.41 Å². The third-order valence-electron chi connectivity index (χ3n) is 6.19. The van der Waals surface area contributed by atoms with Crippen LogP contribution in [0.1, 0.15) is 36.0 Å². The lowest BCUT2D eigenvalue weighted by Gasteiger charge is -2.23. The molecule has 6 nitrogen and oxygen atoms in total. The van der Waals surface area contributed by atoms with Crippen LogP contribution in [0.25, 0.3) is 6.08 Å². The molecule has 0 atom stereocenters. The fraction of sp³-hybridized carbons (Fsp3) is 0.375. The van der Waals surface area contributed by atoms with Crippen LogP contribution in [-0.2, 0) is 11.2 Å². The number of aryl methyl sites for hydroxylation is 1. The minimum Gasteiger partial charge on any atom is -0.325 e. The number of Topliss-reactive ketones (excluding diaryl/α,β-unsaturated/α-hetero) is 1. The Hall–Kier alpha value is -2.73. The van der Waals surface area contributed by atoms with E-state index in [0.29, 0.717) is 17.2 Å². The van der Waals surface area contributed by atoms with Gasteiger partial charge in [0.15, 0.2) is 0 Å². The minimum atomic E-state index is -0.229. The van der Waals surface area contributed by atoms with E-state index in [9.17, 15) is 4.79 Å². The van der Waals surface area contributed by atoms with Gasteiger partial charge in [0.2, 0.25) is 5.78 Å². The average molecular weight is 432 g/mol. The zero-order valence-corrected chi connectivity index (χ0v) is 18.4. The van der Waals surface area contributed by atoms with Gasteiger partial charge in [0, 0.05) is 12.2 Å². The summed E-state index contributed by atoms with van der Waals surface area (Å²) in [6.07, 6.45) is 6.95. The second-order valence-corrected chi connectivity index (χ2v) is 9.37. The van der Waals surface area contributed by atoms with Crippen LogP contribution in [0.5, 0.6) is 0 Å². The van der Waals surface area contributed by atoms with E-state index in [1.54, 1.807) is 6.33 Å². The smallest absolute Gasteiger partial charge is 0.220 e. The van der Waals surface area contributed by atoms with E-state index in [1.165, 1.54) is 28.6 Å². The van der Waals surface area contributed by atoms with Crippen LogP contribution >= 0.6 is 11.8 Å². The molecule has 0 aliphatic carbocycles. The van der Waals surface area contributed by atoms with Crippen LogP contribution in [0.3, 0.4) is 0 Å². The fourth-order valence-electron chi connectivity index (χ4n) is 4.52. The number of nitrogens with one attached hydrogen (secondary N) is 2. The van der Waals surface area contributed by atoms with Crippen molar-refractivity contribution in [3.05, 3.63) is 51.9 Å². The fourth-order valence-corrected chi connectivity index (χ4v) is 5.41. The molecule has 2 aromatic rings. The normalized spacial score (nSPS) is 17.8. The number of fused-ring (bicyclic) bond motifs is 2. The van der Waals surface area contributed by atoms with E-state index >= 15 is 0 Å². The molecule has 5 rings (SSSR count). The summed E-state index contributed by atoms with van der Waals surface area (Å²) >= 11 is 1.31. The van der Waals surface area contributed by atoms with E-state index in [4.69, 9.17) is 5.41 Å². The number of ketones is 1. The number of anilines is 2. The Kier molecular flexibility index (Phi) is 5.48. The molecule has 3 aliphatic rings. The highest BCUT2D eigenvalue weighted by Gasteiger charge is 2.28. The summed E-state index contributed by atoms with van der Waals surface area (Å²) in [6, 6.07) is 6.51. The van der Waals surface area contributed by atoms with E-state index in [1.807, 2.05) is 6.08 Å². The molecule has 0 radical (unpaired) electrons. The van der Waals surface area contributed by atoms with Crippen LogP contribution in [0.15, 0.2) is 40.2 Å². The van der Waals surface area contributed by atoms with Crippen molar-refractivity contribution >= 4 is 40.8 Å². The van der Waals surface area contributed by atoms with Crippen LogP contribution < -0.4 is 10.2 Å². The van der Waals surface area contributed by atoms with Gasteiger partial charge in [-0.05, 0) is 69.3 Å². The third-order valence-corrected chi connectivity index (χ3v) is 7.22. The molecule has 2 N–H and O–H groups in total. The summed E-state index contributed by atoms with van der Waals surface area (Å²) in [6.45, 7) is 4.92. The number of nitrogens with zero attached hydrogens (tertiary/aromatic N) is 3. The number of hydrogen-bond acceptors (Lipinski definition) is 7. The first-order chi connectivity index (χ1) is 15.1. The predicted octanol–water partition coefficient (Wildman–Crippen LogP) is 4.06. The molecule has 0 bridgehead atoms. The van der Waals surface area contributed by atoms with Crippen molar-refractivity contribution in [2.75, 3.05) is 24.5 Å². The van der Waals surface area contributed by atoms with E-state index in [2.05, 4.69) is 51.0 Å². The molecule has 158 valence electrons. The maximum atomic E-state index is 12.9. The lowest BCUT2D eigenvalue weighted by molar-refractivity contribution is -0.109. The van der Waals surface area contributed by atoms with Gasteiger partial charge in [-0.15, -0.1) is 5.73 Å². The van der Waals surface area contributed by atoms with Crippen molar-refractivity contribution in [3.8, 4) is 0 Å². The monoisotopic (exact) mass is 431 g/mol. The molecule has 0 saturated carbocycles. The van der Waals surface area contributed by atoms with Crippen molar-refractivity contribution in [2.45, 2.75) is 37.6 Å². The number of carbonyl (C=O) groups excluding carboxylic acids is 1. The van der Waals surface area contributed by atoms with Gasteiger partial charge < -0.3 is 15.6 Å². The number of carbonyl (C=O) groups is 1. The summed E-state index contributed by atoms with van der Waals surface area (Å²) in [7, 11) is 0. The largest absolute Gasteiger partial charge is 0.325 e. The number of rotatable bonds is 5. The summed E-state index contributed by atoms with van der Waals surface area (Å²) in [5.74, 6) is 1.03. The highest BCUT2D eigenvalue weighted by molar-refractivity contribution is 8.04. The minimum absolute atomic E-state index is 0.178. The molecule has 4 heterocycles. The second kappa shape index (κ2) is 8.42. The van der Waals surface area contributed by atoms with Crippen molar-refractivity contribution in [1.82, 2.24) is 15.3 Å². The number of aromatic nitrogens is 2. The standard InChI is InChI=1S/C24H25N5OS/c1-15-2-4-20-17(12-15)8-11-29(20)23-18-3-5-21(31-24(18)28-14-27-23)22(30)19(25)13-16-6-9-26-10-7-16/h2-4,12,14,16,25-26H,6-11,13H2,1H3. The zero-order valence-electron chi connectivity index (χ0n) is 17.6. The summed E-state index contributed by atoms with van der Waals surface area (Å²) in [5.41, 5.74) is 7.98. The first-order valence-corrected chi connectivity index (χ1v) is 11.6. The van der Waals surface area contributed by atoms with Crippen molar-refractivity contribution in [3.63, 3.8) is 0 Å². The number of allylic oxidation sites excluding steroid dienone is 1. The SMILES string of the molecule is Cc1ccc2c(c1)CCN2c1ncnc2c1C=C=C(C(=O)C(=N)CC1CCNCC1)S2. The molecule has 1 fully saturated rings. The first kappa shape index (κ1) is 20.2.